The molecule has 2 aromatic rings. The van der Waals surface area contributed by atoms with Crippen LogP contribution in [0.3, 0.4) is 0 Å². The molecule has 142 valence electrons. The van der Waals surface area contributed by atoms with Crippen molar-refractivity contribution in [3.8, 4) is 11.5 Å². The number of aromatic hydroxyl groups is 2. The zero-order valence-corrected chi connectivity index (χ0v) is 16.9. The number of hydrogen-bond acceptors (Lipinski definition) is 2. The van der Waals surface area contributed by atoms with Crippen molar-refractivity contribution in [2.24, 2.45) is 0 Å². The first-order valence-electron chi connectivity index (χ1n) is 10.1. The minimum absolute atomic E-state index is 0.272. The Labute approximate surface area is 158 Å². The summed E-state index contributed by atoms with van der Waals surface area (Å²) in [5.74, 6) is 0.547. The highest BCUT2D eigenvalue weighted by atomic mass is 16.3. The molecule has 2 rings (SSSR count). The lowest BCUT2D eigenvalue weighted by atomic mass is 9.95. The lowest BCUT2D eigenvalue weighted by Gasteiger charge is -2.13. The maximum atomic E-state index is 10.7. The fraction of sp³-hybridized carbons (Fsp3) is 0.500. The second-order valence-electron chi connectivity index (χ2n) is 7.53. The normalized spacial score (nSPS) is 11.7. The van der Waals surface area contributed by atoms with Crippen LogP contribution in [0.25, 0.3) is 16.8 Å². The van der Waals surface area contributed by atoms with E-state index in [4.69, 9.17) is 0 Å². The second kappa shape index (κ2) is 9.66. The van der Waals surface area contributed by atoms with Gasteiger partial charge in [0, 0.05) is 21.9 Å². The molecular weight excluding hydrogens is 320 g/mol. The van der Waals surface area contributed by atoms with Crippen molar-refractivity contribution in [1.29, 1.82) is 0 Å². The average molecular weight is 355 g/mol. The molecule has 0 aliphatic rings. The van der Waals surface area contributed by atoms with Crippen molar-refractivity contribution in [2.75, 3.05) is 0 Å². The van der Waals surface area contributed by atoms with Crippen LogP contribution < -0.4 is 0 Å². The summed E-state index contributed by atoms with van der Waals surface area (Å²) in [6.07, 6.45) is 14.2. The number of hydrogen-bond donors (Lipinski definition) is 2. The molecule has 0 unspecified atom stereocenters. The van der Waals surface area contributed by atoms with Gasteiger partial charge in [0.05, 0.1) is 0 Å². The third-order valence-corrected chi connectivity index (χ3v) is 5.42. The van der Waals surface area contributed by atoms with E-state index in [-0.39, 0.29) is 11.5 Å². The van der Waals surface area contributed by atoms with Gasteiger partial charge in [0.2, 0.25) is 0 Å². The number of fused-ring (bicyclic) bond motifs is 1. The monoisotopic (exact) mass is 354 g/mol. The van der Waals surface area contributed by atoms with E-state index < -0.39 is 0 Å². The van der Waals surface area contributed by atoms with Crippen molar-refractivity contribution < 1.29 is 10.2 Å². The molecule has 0 fully saturated rings. The molecule has 26 heavy (non-hydrogen) atoms. The first kappa shape index (κ1) is 20.4. The van der Waals surface area contributed by atoms with Crippen molar-refractivity contribution in [3.63, 3.8) is 0 Å². The van der Waals surface area contributed by atoms with Crippen LogP contribution in [0.1, 0.15) is 80.5 Å². The van der Waals surface area contributed by atoms with Gasteiger partial charge in [-0.2, -0.15) is 0 Å². The van der Waals surface area contributed by atoms with E-state index in [2.05, 4.69) is 13.0 Å². The quantitative estimate of drug-likeness (QED) is 0.365. The van der Waals surface area contributed by atoms with Crippen LogP contribution in [0.15, 0.2) is 18.2 Å². The van der Waals surface area contributed by atoms with Crippen molar-refractivity contribution >= 4 is 16.8 Å². The number of benzene rings is 2. The number of phenols is 2. The fourth-order valence-corrected chi connectivity index (χ4v) is 3.48. The molecule has 0 atom stereocenters. The minimum Gasteiger partial charge on any atom is -0.507 e. The molecule has 2 nitrogen and oxygen atoms in total. The Morgan fingerprint density at radius 1 is 0.769 bits per heavy atom. The lowest BCUT2D eigenvalue weighted by Crippen LogP contribution is -1.90. The summed E-state index contributed by atoms with van der Waals surface area (Å²) in [5, 5.41) is 22.8. The Morgan fingerprint density at radius 3 is 1.92 bits per heavy atom. The first-order chi connectivity index (χ1) is 12.5. The van der Waals surface area contributed by atoms with Gasteiger partial charge in [-0.1, -0.05) is 57.6 Å². The van der Waals surface area contributed by atoms with Crippen molar-refractivity contribution in [1.82, 2.24) is 0 Å². The molecule has 0 amide bonds. The highest BCUT2D eigenvalue weighted by Crippen LogP contribution is 2.41. The Hall–Kier alpha value is -1.96. The maximum absolute atomic E-state index is 10.7. The number of unbranched alkanes of at least 4 members (excludes halogenated alkanes) is 7. The topological polar surface area (TPSA) is 40.5 Å². The van der Waals surface area contributed by atoms with Gasteiger partial charge in [0.15, 0.2) is 0 Å². The number of phenolic OH excluding ortho intramolecular Hbond substituents is 2. The van der Waals surface area contributed by atoms with Crippen LogP contribution in [-0.2, 0) is 0 Å². The van der Waals surface area contributed by atoms with Gasteiger partial charge in [0.25, 0.3) is 0 Å². The van der Waals surface area contributed by atoms with Gasteiger partial charge in [0.1, 0.15) is 11.5 Å². The Morgan fingerprint density at radius 2 is 1.31 bits per heavy atom. The third-order valence-electron chi connectivity index (χ3n) is 5.42. The van der Waals surface area contributed by atoms with Crippen LogP contribution in [0.4, 0.5) is 0 Å². The highest BCUT2D eigenvalue weighted by molar-refractivity contribution is 5.98. The van der Waals surface area contributed by atoms with Gasteiger partial charge in [-0.15, -0.1) is 0 Å². The van der Waals surface area contributed by atoms with E-state index in [0.717, 1.165) is 39.4 Å². The van der Waals surface area contributed by atoms with Crippen LogP contribution in [0, 0.1) is 20.8 Å². The molecule has 2 heteroatoms. The summed E-state index contributed by atoms with van der Waals surface area (Å²) in [7, 11) is 0. The Balaban J connectivity index is 2.06. The zero-order chi connectivity index (χ0) is 19.1. The van der Waals surface area contributed by atoms with Gasteiger partial charge in [-0.3, -0.25) is 0 Å². The van der Waals surface area contributed by atoms with Gasteiger partial charge < -0.3 is 10.2 Å². The molecule has 0 saturated carbocycles. The number of aryl methyl sites for hydroxylation is 2. The molecule has 0 aromatic heterocycles. The molecule has 0 bridgehead atoms. The molecular formula is C24H34O2. The van der Waals surface area contributed by atoms with Crippen molar-refractivity contribution in [2.45, 2.75) is 79.1 Å². The molecule has 0 aliphatic heterocycles. The van der Waals surface area contributed by atoms with Crippen LogP contribution in [-0.4, -0.2) is 10.2 Å². The highest BCUT2D eigenvalue weighted by Gasteiger charge is 2.15. The largest absolute Gasteiger partial charge is 0.507 e. The van der Waals surface area contributed by atoms with E-state index in [1.807, 2.05) is 39.0 Å². The van der Waals surface area contributed by atoms with Gasteiger partial charge in [-0.05, 0) is 56.9 Å². The second-order valence-corrected chi connectivity index (χ2v) is 7.53. The predicted molar refractivity (Wildman–Crippen MR) is 113 cm³/mol. The van der Waals surface area contributed by atoms with E-state index in [1.54, 1.807) is 0 Å². The van der Waals surface area contributed by atoms with Crippen LogP contribution in [0.5, 0.6) is 11.5 Å². The molecule has 0 saturated heterocycles. The van der Waals surface area contributed by atoms with E-state index >= 15 is 0 Å². The minimum atomic E-state index is 0.272. The Kier molecular flexibility index (Phi) is 7.56. The lowest BCUT2D eigenvalue weighted by molar-refractivity contribution is 0.465. The number of allylic oxidation sites excluding steroid dienone is 1. The summed E-state index contributed by atoms with van der Waals surface area (Å²) < 4.78 is 0. The predicted octanol–water partition coefficient (Wildman–Crippen LogP) is 7.33. The van der Waals surface area contributed by atoms with Gasteiger partial charge in [-0.25, -0.2) is 0 Å². The number of rotatable bonds is 9. The third kappa shape index (κ3) is 4.81. The zero-order valence-electron chi connectivity index (χ0n) is 16.9. The molecule has 0 spiro atoms. The summed E-state index contributed by atoms with van der Waals surface area (Å²) in [5.41, 5.74) is 3.72. The van der Waals surface area contributed by atoms with E-state index in [9.17, 15) is 10.2 Å². The fourth-order valence-electron chi connectivity index (χ4n) is 3.48. The summed E-state index contributed by atoms with van der Waals surface area (Å²) in [6.45, 7) is 8.17. The van der Waals surface area contributed by atoms with Gasteiger partial charge >= 0.3 is 0 Å². The summed E-state index contributed by atoms with van der Waals surface area (Å²) in [6, 6.07) is 3.92. The summed E-state index contributed by atoms with van der Waals surface area (Å²) >= 11 is 0. The smallest absolute Gasteiger partial charge is 0.131 e. The average Bonchev–Trinajstić information content (AvgIpc) is 2.62. The SMILES string of the molecule is CCCCCCCCCC=Cc1c(C)c(O)c2cc(C)c(C)cc2c1O. The molecule has 0 aliphatic carbocycles. The van der Waals surface area contributed by atoms with Crippen LogP contribution in [0.2, 0.25) is 0 Å². The maximum Gasteiger partial charge on any atom is 0.131 e. The van der Waals surface area contributed by atoms with E-state index in [1.165, 1.54) is 44.9 Å². The first-order valence-corrected chi connectivity index (χ1v) is 10.1. The van der Waals surface area contributed by atoms with Crippen molar-refractivity contribution in [3.05, 3.63) is 40.5 Å². The van der Waals surface area contributed by atoms with E-state index in [0.29, 0.717) is 0 Å². The Bertz CT molecular complexity index is 772. The molecule has 0 heterocycles. The summed E-state index contributed by atoms with van der Waals surface area (Å²) in [4.78, 5) is 0. The molecule has 2 N–H and O–H groups in total. The molecule has 2 aromatic carbocycles. The standard InChI is InChI=1S/C24H34O2/c1-5-6-7-8-9-10-11-12-13-14-20-19(4)23(25)21-15-17(2)18(3)16-22(21)24(20)26/h13-16,25-26H,5-12H2,1-4H3. The van der Waals surface area contributed by atoms with Crippen LogP contribution >= 0.6 is 0 Å². The molecule has 0 radical (unpaired) electrons.